The number of unbranched alkanes of at least 4 members (excludes halogenated alkanes) is 6. The summed E-state index contributed by atoms with van der Waals surface area (Å²) < 4.78 is 6.36. The summed E-state index contributed by atoms with van der Waals surface area (Å²) in [4.78, 5) is 10.3. The number of ether oxygens (including phenoxy) is 1. The smallest absolute Gasteiger partial charge is 0.273 e. The van der Waals surface area contributed by atoms with E-state index in [1.807, 2.05) is 0 Å². The number of rotatable bonds is 10. The van der Waals surface area contributed by atoms with Gasteiger partial charge in [-0.05, 0) is 28.4 Å². The quantitative estimate of drug-likeness (QED) is 0.320. The first kappa shape index (κ1) is 17.0. The lowest BCUT2D eigenvalue weighted by molar-refractivity contribution is -0.385. The summed E-state index contributed by atoms with van der Waals surface area (Å²) in [7, 11) is 0. The molecule has 1 rings (SSSR count). The number of nitrogens with zero attached hydrogens (tertiary/aromatic N) is 1. The van der Waals surface area contributed by atoms with Gasteiger partial charge in [-0.25, -0.2) is 0 Å². The maximum Gasteiger partial charge on any atom is 0.273 e. The lowest BCUT2D eigenvalue weighted by Gasteiger charge is -2.08. The zero-order valence-electron chi connectivity index (χ0n) is 11.9. The topological polar surface area (TPSA) is 52.4 Å². The molecule has 0 fully saturated rings. The van der Waals surface area contributed by atoms with E-state index < -0.39 is 4.92 Å². The second-order valence-corrected chi connectivity index (χ2v) is 5.70. The molecule has 0 saturated carbocycles. The maximum atomic E-state index is 10.7. The van der Waals surface area contributed by atoms with Gasteiger partial charge in [-0.15, -0.1) is 0 Å². The molecule has 0 spiro atoms. The first-order chi connectivity index (χ1) is 9.65. The number of hydrogen-bond donors (Lipinski definition) is 0. The van der Waals surface area contributed by atoms with Gasteiger partial charge in [0, 0.05) is 6.07 Å². The molecule has 1 aromatic carbocycles. The highest BCUT2D eigenvalue weighted by Crippen LogP contribution is 2.29. The van der Waals surface area contributed by atoms with Crippen molar-refractivity contribution < 1.29 is 9.66 Å². The van der Waals surface area contributed by atoms with Crippen LogP contribution in [-0.4, -0.2) is 11.5 Å². The van der Waals surface area contributed by atoms with Crippen molar-refractivity contribution in [2.24, 2.45) is 0 Å². The minimum Gasteiger partial charge on any atom is -0.492 e. The lowest BCUT2D eigenvalue weighted by Crippen LogP contribution is -1.99. The van der Waals surface area contributed by atoms with E-state index in [4.69, 9.17) is 4.74 Å². The van der Waals surface area contributed by atoms with Crippen LogP contribution in [0.4, 0.5) is 5.69 Å². The van der Waals surface area contributed by atoms with Crippen LogP contribution >= 0.6 is 15.9 Å². The van der Waals surface area contributed by atoms with Gasteiger partial charge in [-0.3, -0.25) is 10.1 Å². The van der Waals surface area contributed by atoms with Gasteiger partial charge in [-0.1, -0.05) is 45.4 Å². The first-order valence-corrected chi connectivity index (χ1v) is 8.01. The van der Waals surface area contributed by atoms with Crippen molar-refractivity contribution in [3.8, 4) is 5.75 Å². The average molecular weight is 344 g/mol. The molecule has 0 unspecified atom stereocenters. The van der Waals surface area contributed by atoms with Gasteiger partial charge < -0.3 is 4.74 Å². The second kappa shape index (κ2) is 9.75. The van der Waals surface area contributed by atoms with Crippen LogP contribution in [-0.2, 0) is 0 Å². The molecule has 1 aromatic rings. The van der Waals surface area contributed by atoms with Crippen LogP contribution in [0.2, 0.25) is 0 Å². The molecule has 0 radical (unpaired) electrons. The van der Waals surface area contributed by atoms with Crippen molar-refractivity contribution in [3.63, 3.8) is 0 Å². The highest BCUT2D eigenvalue weighted by molar-refractivity contribution is 9.10. The number of non-ortho nitro benzene ring substituents is 1. The fourth-order valence-corrected chi connectivity index (χ4v) is 2.32. The van der Waals surface area contributed by atoms with Gasteiger partial charge in [0.05, 0.1) is 22.1 Å². The number of hydrogen-bond acceptors (Lipinski definition) is 3. The zero-order valence-corrected chi connectivity index (χ0v) is 13.5. The average Bonchev–Trinajstić information content (AvgIpc) is 2.43. The van der Waals surface area contributed by atoms with E-state index >= 15 is 0 Å². The summed E-state index contributed by atoms with van der Waals surface area (Å²) in [5.74, 6) is 0.546. The third-order valence-electron chi connectivity index (χ3n) is 3.13. The van der Waals surface area contributed by atoms with E-state index in [2.05, 4.69) is 22.9 Å². The molecular weight excluding hydrogens is 322 g/mol. The minimum atomic E-state index is -0.410. The number of nitro benzene ring substituents is 1. The lowest BCUT2D eigenvalue weighted by atomic mass is 10.1. The fraction of sp³-hybridized carbons (Fsp3) is 0.600. The number of nitro groups is 1. The van der Waals surface area contributed by atoms with Gasteiger partial charge in [-0.2, -0.15) is 0 Å². The number of halogens is 1. The standard InChI is InChI=1S/C15H22BrNO3/c1-2-3-4-5-6-7-8-11-20-15-12-13(17(18)19)9-10-14(15)16/h9-10,12H,2-8,11H2,1H3. The highest BCUT2D eigenvalue weighted by atomic mass is 79.9. The molecule has 0 aliphatic rings. The normalized spacial score (nSPS) is 10.5. The summed E-state index contributed by atoms with van der Waals surface area (Å²) in [6.45, 7) is 2.82. The van der Waals surface area contributed by atoms with Crippen LogP contribution in [0, 0.1) is 10.1 Å². The molecule has 0 aliphatic carbocycles. The molecule has 0 saturated heterocycles. The second-order valence-electron chi connectivity index (χ2n) is 4.84. The molecule has 20 heavy (non-hydrogen) atoms. The van der Waals surface area contributed by atoms with E-state index in [9.17, 15) is 10.1 Å². The predicted octanol–water partition coefficient (Wildman–Crippen LogP) is 5.49. The Morgan fingerprint density at radius 3 is 2.45 bits per heavy atom. The van der Waals surface area contributed by atoms with E-state index in [1.54, 1.807) is 6.07 Å². The molecule has 5 heteroatoms. The molecule has 0 aromatic heterocycles. The van der Waals surface area contributed by atoms with Gasteiger partial charge in [0.25, 0.3) is 5.69 Å². The summed E-state index contributed by atoms with van der Waals surface area (Å²) >= 11 is 3.34. The Morgan fingerprint density at radius 1 is 1.15 bits per heavy atom. The van der Waals surface area contributed by atoms with E-state index in [0.717, 1.165) is 17.3 Å². The predicted molar refractivity (Wildman–Crippen MR) is 84.3 cm³/mol. The molecular formula is C15H22BrNO3. The van der Waals surface area contributed by atoms with E-state index in [-0.39, 0.29) is 5.69 Å². The summed E-state index contributed by atoms with van der Waals surface area (Å²) in [5, 5.41) is 10.7. The SMILES string of the molecule is CCCCCCCCCOc1cc([N+](=O)[O-])ccc1Br. The summed E-state index contributed by atoms with van der Waals surface area (Å²) in [5.41, 5.74) is 0.0581. The van der Waals surface area contributed by atoms with E-state index in [0.29, 0.717) is 12.4 Å². The van der Waals surface area contributed by atoms with Gasteiger partial charge in [0.15, 0.2) is 0 Å². The highest BCUT2D eigenvalue weighted by Gasteiger charge is 2.10. The fourth-order valence-electron chi connectivity index (χ4n) is 1.96. The Hall–Kier alpha value is -1.10. The molecule has 112 valence electrons. The van der Waals surface area contributed by atoms with Crippen molar-refractivity contribution in [1.29, 1.82) is 0 Å². The van der Waals surface area contributed by atoms with Crippen LogP contribution in [0.25, 0.3) is 0 Å². The Morgan fingerprint density at radius 2 is 1.80 bits per heavy atom. The molecule has 0 bridgehead atoms. The molecule has 0 amide bonds. The molecule has 0 heterocycles. The molecule has 4 nitrogen and oxygen atoms in total. The Kier molecular flexibility index (Phi) is 8.26. The summed E-state index contributed by atoms with van der Waals surface area (Å²) in [6, 6.07) is 4.58. The Balaban J connectivity index is 2.24. The van der Waals surface area contributed by atoms with Crippen molar-refractivity contribution in [2.45, 2.75) is 51.9 Å². The number of benzene rings is 1. The third-order valence-corrected chi connectivity index (χ3v) is 3.79. The Labute approximate surface area is 128 Å². The van der Waals surface area contributed by atoms with Crippen LogP contribution in [0.1, 0.15) is 51.9 Å². The first-order valence-electron chi connectivity index (χ1n) is 7.22. The molecule has 0 atom stereocenters. The van der Waals surface area contributed by atoms with Crippen molar-refractivity contribution in [3.05, 3.63) is 32.8 Å². The van der Waals surface area contributed by atoms with Gasteiger partial charge >= 0.3 is 0 Å². The largest absolute Gasteiger partial charge is 0.492 e. The van der Waals surface area contributed by atoms with Gasteiger partial charge in [0.2, 0.25) is 0 Å². The molecule has 0 N–H and O–H groups in total. The summed E-state index contributed by atoms with van der Waals surface area (Å²) in [6.07, 6.45) is 8.56. The van der Waals surface area contributed by atoms with Crippen molar-refractivity contribution in [2.75, 3.05) is 6.61 Å². The zero-order chi connectivity index (χ0) is 14.8. The third kappa shape index (κ3) is 6.37. The van der Waals surface area contributed by atoms with E-state index in [1.165, 1.54) is 44.2 Å². The van der Waals surface area contributed by atoms with Crippen molar-refractivity contribution >= 4 is 21.6 Å². The monoisotopic (exact) mass is 343 g/mol. The maximum absolute atomic E-state index is 10.7. The Bertz CT molecular complexity index is 424. The van der Waals surface area contributed by atoms with Crippen LogP contribution in [0.15, 0.2) is 22.7 Å². The molecule has 0 aliphatic heterocycles. The van der Waals surface area contributed by atoms with Crippen molar-refractivity contribution in [1.82, 2.24) is 0 Å². The van der Waals surface area contributed by atoms with Crippen LogP contribution in [0.5, 0.6) is 5.75 Å². The minimum absolute atomic E-state index is 0.0581. The van der Waals surface area contributed by atoms with Crippen LogP contribution < -0.4 is 4.74 Å². The van der Waals surface area contributed by atoms with Crippen LogP contribution in [0.3, 0.4) is 0 Å². The van der Waals surface area contributed by atoms with Gasteiger partial charge in [0.1, 0.15) is 5.75 Å².